The molecule has 3 heteroatoms. The average Bonchev–Trinajstić information content (AvgIpc) is 2.81. The van der Waals surface area contributed by atoms with Gasteiger partial charge in [0.25, 0.3) is 0 Å². The topological polar surface area (TPSA) is 35.2 Å². The van der Waals surface area contributed by atoms with Crippen molar-refractivity contribution in [2.24, 2.45) is 5.73 Å². The third-order valence-corrected chi connectivity index (χ3v) is 3.71. The van der Waals surface area contributed by atoms with Crippen molar-refractivity contribution in [3.8, 4) is 16.9 Å². The molecule has 1 aliphatic rings. The fraction of sp³-hybridized carbons (Fsp3) is 0.250. The Kier molecular flexibility index (Phi) is 3.21. The van der Waals surface area contributed by atoms with Gasteiger partial charge in [-0.1, -0.05) is 29.8 Å². The van der Waals surface area contributed by atoms with Gasteiger partial charge in [-0.15, -0.1) is 0 Å². The van der Waals surface area contributed by atoms with Gasteiger partial charge in [0.2, 0.25) is 0 Å². The lowest BCUT2D eigenvalue weighted by Crippen LogP contribution is -2.24. The van der Waals surface area contributed by atoms with Crippen LogP contribution in [-0.2, 0) is 6.42 Å². The van der Waals surface area contributed by atoms with Crippen LogP contribution in [0, 0.1) is 6.92 Å². The van der Waals surface area contributed by atoms with Gasteiger partial charge in [-0.05, 0) is 41.8 Å². The zero-order chi connectivity index (χ0) is 13.4. The van der Waals surface area contributed by atoms with Crippen LogP contribution >= 0.6 is 11.6 Å². The third kappa shape index (κ3) is 2.34. The fourth-order valence-corrected chi connectivity index (χ4v) is 2.69. The maximum absolute atomic E-state index is 5.97. The summed E-state index contributed by atoms with van der Waals surface area (Å²) in [6.07, 6.45) is 0.997. The molecule has 0 aliphatic carbocycles. The SMILES string of the molecule is Cc1cc2c(c(-c3ccc(Cl)cc3)c1)O[C@@H](CN)C2. The van der Waals surface area contributed by atoms with Crippen molar-refractivity contribution in [3.63, 3.8) is 0 Å². The maximum Gasteiger partial charge on any atom is 0.130 e. The summed E-state index contributed by atoms with van der Waals surface area (Å²) < 4.78 is 5.97. The monoisotopic (exact) mass is 273 g/mol. The van der Waals surface area contributed by atoms with E-state index in [1.165, 1.54) is 11.1 Å². The lowest BCUT2D eigenvalue weighted by Gasteiger charge is -2.12. The standard InChI is InChI=1S/C16H16ClNO/c1-10-6-12-8-14(9-18)19-16(12)15(7-10)11-2-4-13(17)5-3-11/h2-7,14H,8-9,18H2,1H3/t14-/m1/s1. The molecular formula is C16H16ClNO. The summed E-state index contributed by atoms with van der Waals surface area (Å²) in [6, 6.07) is 12.2. The number of halogens is 1. The summed E-state index contributed by atoms with van der Waals surface area (Å²) >= 11 is 5.95. The minimum atomic E-state index is 0.0999. The Hall–Kier alpha value is -1.51. The van der Waals surface area contributed by atoms with E-state index in [0.29, 0.717) is 6.54 Å². The lowest BCUT2D eigenvalue weighted by atomic mass is 9.98. The Balaban J connectivity index is 2.10. The van der Waals surface area contributed by atoms with Crippen LogP contribution in [0.4, 0.5) is 0 Å². The average molecular weight is 274 g/mol. The summed E-state index contributed by atoms with van der Waals surface area (Å²) in [5.41, 5.74) is 10.5. The van der Waals surface area contributed by atoms with E-state index < -0.39 is 0 Å². The van der Waals surface area contributed by atoms with E-state index in [-0.39, 0.29) is 6.10 Å². The molecule has 0 bridgehead atoms. The minimum absolute atomic E-state index is 0.0999. The first-order valence-corrected chi connectivity index (χ1v) is 6.81. The molecule has 0 saturated heterocycles. The number of nitrogens with two attached hydrogens (primary N) is 1. The number of hydrogen-bond acceptors (Lipinski definition) is 2. The molecule has 1 heterocycles. The number of hydrogen-bond donors (Lipinski definition) is 1. The molecule has 1 atom stereocenters. The molecule has 19 heavy (non-hydrogen) atoms. The van der Waals surface area contributed by atoms with Crippen LogP contribution in [-0.4, -0.2) is 12.6 Å². The third-order valence-electron chi connectivity index (χ3n) is 3.46. The Morgan fingerprint density at radius 2 is 2.00 bits per heavy atom. The Morgan fingerprint density at radius 3 is 2.68 bits per heavy atom. The number of fused-ring (bicyclic) bond motifs is 1. The first-order valence-electron chi connectivity index (χ1n) is 6.43. The summed E-state index contributed by atoms with van der Waals surface area (Å²) in [5.74, 6) is 0.975. The van der Waals surface area contributed by atoms with Gasteiger partial charge in [0, 0.05) is 23.6 Å². The van der Waals surface area contributed by atoms with E-state index >= 15 is 0 Å². The number of aryl methyl sites for hydroxylation is 1. The number of ether oxygens (including phenoxy) is 1. The van der Waals surface area contributed by atoms with E-state index in [1.807, 2.05) is 24.3 Å². The Morgan fingerprint density at radius 1 is 1.26 bits per heavy atom. The van der Waals surface area contributed by atoms with E-state index in [9.17, 15) is 0 Å². The number of rotatable bonds is 2. The van der Waals surface area contributed by atoms with E-state index in [0.717, 1.165) is 28.3 Å². The zero-order valence-corrected chi connectivity index (χ0v) is 11.6. The lowest BCUT2D eigenvalue weighted by molar-refractivity contribution is 0.242. The number of benzene rings is 2. The second-order valence-electron chi connectivity index (χ2n) is 4.99. The molecule has 98 valence electrons. The minimum Gasteiger partial charge on any atom is -0.488 e. The first kappa shape index (κ1) is 12.5. The van der Waals surface area contributed by atoms with E-state index in [1.54, 1.807) is 0 Å². The first-order chi connectivity index (χ1) is 9.17. The molecule has 0 saturated carbocycles. The van der Waals surface area contributed by atoms with Crippen LogP contribution in [0.3, 0.4) is 0 Å². The summed E-state index contributed by atoms with van der Waals surface area (Å²) in [5, 5.41) is 0.744. The zero-order valence-electron chi connectivity index (χ0n) is 10.8. The molecule has 2 aromatic carbocycles. The Bertz CT molecular complexity index is 607. The van der Waals surface area contributed by atoms with Crippen LogP contribution in [0.15, 0.2) is 36.4 Å². The summed E-state index contributed by atoms with van der Waals surface area (Å²) in [6.45, 7) is 2.66. The van der Waals surface area contributed by atoms with Gasteiger partial charge >= 0.3 is 0 Å². The highest BCUT2D eigenvalue weighted by Crippen LogP contribution is 2.39. The van der Waals surface area contributed by atoms with Crippen molar-refractivity contribution in [1.82, 2.24) is 0 Å². The van der Waals surface area contributed by atoms with Crippen molar-refractivity contribution in [2.75, 3.05) is 6.54 Å². The van der Waals surface area contributed by atoms with E-state index in [2.05, 4.69) is 19.1 Å². The highest BCUT2D eigenvalue weighted by Gasteiger charge is 2.25. The van der Waals surface area contributed by atoms with Crippen molar-refractivity contribution in [1.29, 1.82) is 0 Å². The highest BCUT2D eigenvalue weighted by molar-refractivity contribution is 6.30. The van der Waals surface area contributed by atoms with Crippen LogP contribution in [0.2, 0.25) is 5.02 Å². The predicted octanol–water partition coefficient (Wildman–Crippen LogP) is 3.58. The van der Waals surface area contributed by atoms with Gasteiger partial charge in [0.15, 0.2) is 0 Å². The van der Waals surface area contributed by atoms with Crippen LogP contribution in [0.1, 0.15) is 11.1 Å². The second kappa shape index (κ2) is 4.87. The Labute approximate surface area is 118 Å². The molecule has 2 aromatic rings. The molecule has 0 amide bonds. The van der Waals surface area contributed by atoms with Gasteiger partial charge in [-0.2, -0.15) is 0 Å². The largest absolute Gasteiger partial charge is 0.488 e. The quantitative estimate of drug-likeness (QED) is 0.908. The molecule has 0 aromatic heterocycles. The summed E-state index contributed by atoms with van der Waals surface area (Å²) in [4.78, 5) is 0. The molecule has 0 fully saturated rings. The van der Waals surface area contributed by atoms with Gasteiger partial charge in [0.1, 0.15) is 11.9 Å². The molecule has 2 N–H and O–H groups in total. The smallest absolute Gasteiger partial charge is 0.130 e. The molecule has 3 rings (SSSR count). The normalized spacial score (nSPS) is 17.1. The van der Waals surface area contributed by atoms with Gasteiger partial charge < -0.3 is 10.5 Å². The second-order valence-corrected chi connectivity index (χ2v) is 5.42. The molecule has 2 nitrogen and oxygen atoms in total. The maximum atomic E-state index is 5.97. The van der Waals surface area contributed by atoms with E-state index in [4.69, 9.17) is 22.1 Å². The van der Waals surface area contributed by atoms with Crippen molar-refractivity contribution in [3.05, 3.63) is 52.5 Å². The van der Waals surface area contributed by atoms with Crippen molar-refractivity contribution < 1.29 is 4.74 Å². The van der Waals surface area contributed by atoms with Gasteiger partial charge in [-0.3, -0.25) is 0 Å². The van der Waals surface area contributed by atoms with Crippen molar-refractivity contribution >= 4 is 11.6 Å². The molecule has 0 unspecified atom stereocenters. The van der Waals surface area contributed by atoms with Crippen LogP contribution in [0.25, 0.3) is 11.1 Å². The summed E-state index contributed by atoms with van der Waals surface area (Å²) in [7, 11) is 0. The molecular weight excluding hydrogens is 258 g/mol. The predicted molar refractivity (Wildman–Crippen MR) is 78.8 cm³/mol. The van der Waals surface area contributed by atoms with Gasteiger partial charge in [0.05, 0.1) is 0 Å². The molecule has 1 aliphatic heterocycles. The van der Waals surface area contributed by atoms with Gasteiger partial charge in [-0.25, -0.2) is 0 Å². The van der Waals surface area contributed by atoms with Crippen LogP contribution in [0.5, 0.6) is 5.75 Å². The van der Waals surface area contributed by atoms with Crippen LogP contribution < -0.4 is 10.5 Å². The van der Waals surface area contributed by atoms with Crippen molar-refractivity contribution in [2.45, 2.75) is 19.4 Å². The highest BCUT2D eigenvalue weighted by atomic mass is 35.5. The molecule has 0 radical (unpaired) electrons. The fourth-order valence-electron chi connectivity index (χ4n) is 2.57. The molecule has 0 spiro atoms.